The van der Waals surface area contributed by atoms with Crippen LogP contribution in [-0.2, 0) is 0 Å². The van der Waals surface area contributed by atoms with E-state index in [2.05, 4.69) is 32.0 Å². The van der Waals surface area contributed by atoms with Gasteiger partial charge in [0.05, 0.1) is 23.0 Å². The molecule has 2 aliphatic rings. The summed E-state index contributed by atoms with van der Waals surface area (Å²) >= 11 is 6.31. The second-order valence-electron chi connectivity index (χ2n) is 8.40. The third kappa shape index (κ3) is 3.02. The molecule has 2 atom stereocenters. The monoisotopic (exact) mass is 413 g/mol. The number of nitrogens with one attached hydrogen (secondary N) is 1. The molecule has 0 radical (unpaired) electrons. The van der Waals surface area contributed by atoms with Crippen LogP contribution in [0.5, 0.6) is 0 Å². The summed E-state index contributed by atoms with van der Waals surface area (Å²) in [5.41, 5.74) is 8.69. The molecule has 4 N–H and O–H groups in total. The number of halogens is 1. The van der Waals surface area contributed by atoms with Crippen molar-refractivity contribution in [1.29, 1.82) is 0 Å². The molecule has 3 aromatic heterocycles. The van der Waals surface area contributed by atoms with Crippen molar-refractivity contribution in [2.45, 2.75) is 38.7 Å². The molecule has 1 aliphatic carbocycles. The Morgan fingerprint density at radius 2 is 2.10 bits per heavy atom. The smallest absolute Gasteiger partial charge is 0.202 e. The molecule has 8 nitrogen and oxygen atoms in total. The van der Waals surface area contributed by atoms with Gasteiger partial charge in [0.15, 0.2) is 0 Å². The molecular formula is C20H24ClN7O. The molecule has 2 fully saturated rings. The van der Waals surface area contributed by atoms with E-state index in [1.165, 1.54) is 0 Å². The zero-order valence-electron chi connectivity index (χ0n) is 16.3. The Balaban J connectivity index is 1.40. The van der Waals surface area contributed by atoms with Crippen molar-refractivity contribution in [2.75, 3.05) is 23.7 Å². The van der Waals surface area contributed by atoms with Crippen LogP contribution >= 0.6 is 11.6 Å². The van der Waals surface area contributed by atoms with Crippen LogP contribution in [0.1, 0.15) is 32.6 Å². The second-order valence-corrected chi connectivity index (χ2v) is 8.78. The van der Waals surface area contributed by atoms with E-state index in [-0.39, 0.29) is 17.3 Å². The first-order valence-electron chi connectivity index (χ1n) is 10.0. The van der Waals surface area contributed by atoms with Gasteiger partial charge in [0, 0.05) is 24.8 Å². The summed E-state index contributed by atoms with van der Waals surface area (Å²) in [5.74, 6) is 1.67. The fraction of sp³-hybridized carbons (Fsp3) is 0.500. The summed E-state index contributed by atoms with van der Waals surface area (Å²) in [4.78, 5) is 15.6. The first-order valence-corrected chi connectivity index (χ1v) is 10.4. The zero-order valence-corrected chi connectivity index (χ0v) is 17.0. The lowest BCUT2D eigenvalue weighted by Gasteiger charge is -2.42. The number of anilines is 2. The van der Waals surface area contributed by atoms with Crippen molar-refractivity contribution < 1.29 is 5.11 Å². The maximum atomic E-state index is 10.1. The number of aliphatic hydroxyl groups is 1. The maximum absolute atomic E-state index is 10.1. The third-order valence-corrected chi connectivity index (χ3v) is 7.23. The molecular weight excluding hydrogens is 390 g/mol. The first kappa shape index (κ1) is 18.6. The quantitative estimate of drug-likeness (QED) is 0.591. The fourth-order valence-corrected chi connectivity index (χ4v) is 5.28. The van der Waals surface area contributed by atoms with Crippen molar-refractivity contribution >= 4 is 34.4 Å². The Bertz CT molecular complexity index is 1060. The summed E-state index contributed by atoms with van der Waals surface area (Å²) in [6.45, 7) is 4.11. The van der Waals surface area contributed by atoms with Gasteiger partial charge in [-0.2, -0.15) is 5.10 Å². The van der Waals surface area contributed by atoms with Crippen LogP contribution in [0.25, 0.3) is 22.4 Å². The van der Waals surface area contributed by atoms with Crippen LogP contribution in [0.2, 0.25) is 5.02 Å². The standard InChI is InChI=1S/C20H24ClN7O/c1-11-8-12(29)9-20(11)3-6-28(7-4-20)14-10-24-17-16(26-27-19(17)25-14)13-2-5-23-18(22)15(13)21/h2,5,10-12,29H,3-4,6-9H2,1H3,(H2,22,23)(H,25,26,27)/t11-,12-/m1/s1. The molecule has 29 heavy (non-hydrogen) atoms. The molecule has 152 valence electrons. The average molecular weight is 414 g/mol. The van der Waals surface area contributed by atoms with Crippen molar-refractivity contribution in [2.24, 2.45) is 11.3 Å². The molecule has 0 unspecified atom stereocenters. The van der Waals surface area contributed by atoms with E-state index in [1.54, 1.807) is 18.5 Å². The Morgan fingerprint density at radius 1 is 1.31 bits per heavy atom. The van der Waals surface area contributed by atoms with E-state index in [0.29, 0.717) is 33.4 Å². The minimum Gasteiger partial charge on any atom is -0.393 e. The number of rotatable bonds is 2. The topological polar surface area (TPSA) is 117 Å². The Labute approximate surface area is 173 Å². The highest BCUT2D eigenvalue weighted by Crippen LogP contribution is 2.50. The van der Waals surface area contributed by atoms with Gasteiger partial charge in [-0.05, 0) is 43.1 Å². The predicted octanol–water partition coefficient (Wildman–Crippen LogP) is 3.03. The first-order chi connectivity index (χ1) is 14.0. The Kier molecular flexibility index (Phi) is 4.36. The van der Waals surface area contributed by atoms with Gasteiger partial charge in [-0.3, -0.25) is 5.10 Å². The number of H-pyrrole nitrogens is 1. The number of piperidine rings is 1. The van der Waals surface area contributed by atoms with E-state index < -0.39 is 0 Å². The van der Waals surface area contributed by atoms with E-state index in [1.807, 2.05) is 0 Å². The van der Waals surface area contributed by atoms with Gasteiger partial charge in [-0.25, -0.2) is 15.0 Å². The molecule has 1 saturated heterocycles. The number of hydrogen-bond acceptors (Lipinski definition) is 7. The lowest BCUT2D eigenvalue weighted by Crippen LogP contribution is -2.42. The number of hydrogen-bond donors (Lipinski definition) is 3. The normalized spacial score (nSPS) is 23.9. The third-order valence-electron chi connectivity index (χ3n) is 6.83. The van der Waals surface area contributed by atoms with Gasteiger partial charge in [0.1, 0.15) is 17.2 Å². The van der Waals surface area contributed by atoms with Crippen molar-refractivity contribution in [3.05, 3.63) is 23.5 Å². The van der Waals surface area contributed by atoms with Gasteiger partial charge >= 0.3 is 0 Å². The Hall–Kier alpha value is -2.45. The van der Waals surface area contributed by atoms with Gasteiger partial charge in [-0.1, -0.05) is 18.5 Å². The van der Waals surface area contributed by atoms with Crippen LogP contribution < -0.4 is 10.6 Å². The number of aliphatic hydroxyl groups excluding tert-OH is 1. The van der Waals surface area contributed by atoms with Crippen LogP contribution in [-0.4, -0.2) is 49.4 Å². The summed E-state index contributed by atoms with van der Waals surface area (Å²) in [6, 6.07) is 1.78. The van der Waals surface area contributed by atoms with E-state index in [0.717, 1.165) is 44.6 Å². The van der Waals surface area contributed by atoms with Crippen LogP contribution in [0.4, 0.5) is 11.6 Å². The zero-order chi connectivity index (χ0) is 20.2. The highest BCUT2D eigenvalue weighted by molar-refractivity contribution is 6.35. The summed E-state index contributed by atoms with van der Waals surface area (Å²) < 4.78 is 0. The van der Waals surface area contributed by atoms with Crippen molar-refractivity contribution in [3.63, 3.8) is 0 Å². The number of nitrogens with two attached hydrogens (primary N) is 1. The van der Waals surface area contributed by atoms with Gasteiger partial charge in [0.25, 0.3) is 0 Å². The minimum absolute atomic E-state index is 0.149. The molecule has 1 spiro atoms. The summed E-state index contributed by atoms with van der Waals surface area (Å²) in [5, 5.41) is 17.8. The van der Waals surface area contributed by atoms with E-state index in [9.17, 15) is 5.11 Å². The van der Waals surface area contributed by atoms with Crippen LogP contribution in [0, 0.1) is 11.3 Å². The van der Waals surface area contributed by atoms with Crippen molar-refractivity contribution in [1.82, 2.24) is 25.1 Å². The predicted molar refractivity (Wildman–Crippen MR) is 113 cm³/mol. The van der Waals surface area contributed by atoms with Gasteiger partial charge in [0.2, 0.25) is 5.65 Å². The summed E-state index contributed by atoms with van der Waals surface area (Å²) in [6.07, 6.45) is 7.24. The molecule has 0 bridgehead atoms. The second kappa shape index (κ2) is 6.81. The highest BCUT2D eigenvalue weighted by Gasteiger charge is 2.46. The Morgan fingerprint density at radius 3 is 2.83 bits per heavy atom. The van der Waals surface area contributed by atoms with Gasteiger partial charge in [-0.15, -0.1) is 0 Å². The largest absolute Gasteiger partial charge is 0.393 e. The molecule has 4 heterocycles. The molecule has 1 aliphatic heterocycles. The van der Waals surface area contributed by atoms with Crippen LogP contribution in [0.3, 0.4) is 0 Å². The number of pyridine rings is 1. The number of nitrogens with zero attached hydrogens (tertiary/aromatic N) is 5. The van der Waals surface area contributed by atoms with E-state index in [4.69, 9.17) is 22.3 Å². The lowest BCUT2D eigenvalue weighted by molar-refractivity contribution is 0.132. The number of fused-ring (bicyclic) bond motifs is 1. The maximum Gasteiger partial charge on any atom is 0.202 e. The average Bonchev–Trinajstić information content (AvgIpc) is 3.24. The number of aromatic amines is 1. The molecule has 1 saturated carbocycles. The van der Waals surface area contributed by atoms with Crippen LogP contribution in [0.15, 0.2) is 18.5 Å². The fourth-order valence-electron chi connectivity index (χ4n) is 5.07. The molecule has 9 heteroatoms. The lowest BCUT2D eigenvalue weighted by atomic mass is 9.71. The van der Waals surface area contributed by atoms with Crippen molar-refractivity contribution in [3.8, 4) is 11.3 Å². The SMILES string of the molecule is C[C@@H]1C[C@@H](O)CC12CCN(c1cnc3c(-c4ccnc(N)c4Cl)[nH]nc3n1)CC2. The van der Waals surface area contributed by atoms with E-state index >= 15 is 0 Å². The molecule has 0 aromatic carbocycles. The molecule has 3 aromatic rings. The minimum atomic E-state index is -0.149. The van der Waals surface area contributed by atoms with Gasteiger partial charge < -0.3 is 15.7 Å². The summed E-state index contributed by atoms with van der Waals surface area (Å²) in [7, 11) is 0. The molecule has 5 rings (SSSR count). The number of nitrogen functional groups attached to an aromatic ring is 1. The number of aromatic nitrogens is 5. The molecule has 0 amide bonds. The highest BCUT2D eigenvalue weighted by atomic mass is 35.5.